The highest BCUT2D eigenvalue weighted by Gasteiger charge is 2.48. The number of pyridine rings is 1. The van der Waals surface area contributed by atoms with E-state index in [0.717, 1.165) is 6.42 Å². The smallest absolute Gasteiger partial charge is 0.485 e. The number of rotatable bonds is 5. The van der Waals surface area contributed by atoms with Gasteiger partial charge < -0.3 is 29.3 Å². The van der Waals surface area contributed by atoms with Crippen LogP contribution in [-0.4, -0.2) is 71.3 Å². The molecule has 1 saturated heterocycles. The zero-order chi connectivity index (χ0) is 22.4. The summed E-state index contributed by atoms with van der Waals surface area (Å²) in [5.41, 5.74) is -5.32. The summed E-state index contributed by atoms with van der Waals surface area (Å²) < 4.78 is 70.8. The molecular weight excluding hydrogens is 427 g/mol. The number of hydrogen-bond acceptors (Lipinski definition) is 9. The van der Waals surface area contributed by atoms with Crippen LogP contribution in [0.25, 0.3) is 0 Å². The average Bonchev–Trinajstić information content (AvgIpc) is 2.93. The molecule has 14 heteroatoms. The van der Waals surface area contributed by atoms with E-state index in [2.05, 4.69) is 0 Å². The van der Waals surface area contributed by atoms with Crippen LogP contribution in [0.3, 0.4) is 0 Å². The quantitative estimate of drug-likeness (QED) is 0.228. The zero-order valence-corrected chi connectivity index (χ0v) is 15.8. The molecule has 1 aliphatic rings. The molecule has 1 aromatic heterocycles. The highest BCUT2D eigenvalue weighted by molar-refractivity contribution is 7.86. The number of halogens is 3. The van der Waals surface area contributed by atoms with Crippen LogP contribution in [0, 0.1) is 0 Å². The number of hydrogen-bond donors (Lipinski definition) is 3. The Hall–Kier alpha value is -1.84. The lowest BCUT2D eigenvalue weighted by atomic mass is 10.1. The van der Waals surface area contributed by atoms with E-state index >= 15 is 0 Å². The highest BCUT2D eigenvalue weighted by Crippen LogP contribution is 2.25. The van der Waals surface area contributed by atoms with Gasteiger partial charge in [-0.1, -0.05) is 6.92 Å². The second-order valence-corrected chi connectivity index (χ2v) is 7.18. The summed E-state index contributed by atoms with van der Waals surface area (Å²) in [4.78, 5) is 11.8. The first-order chi connectivity index (χ1) is 13.3. The van der Waals surface area contributed by atoms with Gasteiger partial charge in [-0.15, -0.1) is 0 Å². The van der Waals surface area contributed by atoms with Crippen LogP contribution in [0.1, 0.15) is 29.9 Å². The van der Waals surface area contributed by atoms with Crippen LogP contribution in [0.2, 0.25) is 0 Å². The largest absolute Gasteiger partial charge is 0.741 e. The molecule has 4 atom stereocenters. The molecule has 1 aliphatic heterocycles. The fraction of sp³-hybridized carbons (Fsp3) is 0.600. The molecule has 0 unspecified atom stereocenters. The number of aliphatic hydroxyl groups excluding tert-OH is 3. The Morgan fingerprint density at radius 2 is 1.93 bits per heavy atom. The van der Waals surface area contributed by atoms with Crippen molar-refractivity contribution in [1.82, 2.24) is 0 Å². The number of aliphatic hydroxyl groups is 3. The van der Waals surface area contributed by atoms with Gasteiger partial charge in [0.05, 0.1) is 13.2 Å². The van der Waals surface area contributed by atoms with Crippen molar-refractivity contribution in [3.8, 4) is 0 Å². The predicted molar refractivity (Wildman–Crippen MR) is 86.0 cm³/mol. The first-order valence-corrected chi connectivity index (χ1v) is 9.56. The molecular formula is C15H20F3NO9S. The van der Waals surface area contributed by atoms with Crippen molar-refractivity contribution >= 4 is 16.1 Å². The van der Waals surface area contributed by atoms with Crippen molar-refractivity contribution in [2.45, 2.75) is 43.4 Å². The van der Waals surface area contributed by atoms with Crippen molar-refractivity contribution in [3.63, 3.8) is 0 Å². The summed E-state index contributed by atoms with van der Waals surface area (Å²) in [5, 5.41) is 28.8. The summed E-state index contributed by atoms with van der Waals surface area (Å²) in [5.74, 6) is -0.460. The molecule has 0 aromatic carbocycles. The van der Waals surface area contributed by atoms with Gasteiger partial charge in [-0.3, -0.25) is 0 Å². The Labute approximate surface area is 163 Å². The van der Waals surface area contributed by atoms with E-state index in [0.29, 0.717) is 12.2 Å². The van der Waals surface area contributed by atoms with Gasteiger partial charge in [0.15, 0.2) is 28.6 Å². The van der Waals surface area contributed by atoms with Crippen LogP contribution in [0.5, 0.6) is 0 Å². The van der Waals surface area contributed by atoms with Crippen LogP contribution in [0.4, 0.5) is 13.2 Å². The lowest BCUT2D eigenvalue weighted by Gasteiger charge is -2.10. The summed E-state index contributed by atoms with van der Waals surface area (Å²) >= 11 is 0. The van der Waals surface area contributed by atoms with Gasteiger partial charge in [-0.25, -0.2) is 13.2 Å². The molecule has 0 aliphatic carbocycles. The number of ether oxygens (including phenoxy) is 2. The first-order valence-electron chi connectivity index (χ1n) is 8.16. The molecule has 0 amide bonds. The Kier molecular flexibility index (Phi) is 8.92. The van der Waals surface area contributed by atoms with Crippen molar-refractivity contribution in [1.29, 1.82) is 0 Å². The summed E-state index contributed by atoms with van der Waals surface area (Å²) in [6, 6.07) is 3.22. The standard InChI is InChI=1S/C14H20NO6.CHF3O3S/c1-2-6-20-14(19)9-4-3-5-15(7-9)13-12(18)11(17)10(8-16)21-13;2-1(3,4)8(5,6)7/h3-5,7,10-13,16-18H,2,6,8H2,1H3;(H,5,6,7)/q+1;/p-1/t10-,11+,12+,13-;/m1./s1. The van der Waals surface area contributed by atoms with E-state index < -0.39 is 52.7 Å². The molecule has 0 saturated carbocycles. The minimum absolute atomic E-state index is 0.323. The van der Waals surface area contributed by atoms with Gasteiger partial charge in [-0.05, 0) is 12.5 Å². The topological polar surface area (TPSA) is 157 Å². The molecule has 0 bridgehead atoms. The minimum atomic E-state index is -6.09. The normalized spacial score (nSPS) is 24.6. The fourth-order valence-corrected chi connectivity index (χ4v) is 2.18. The first kappa shape index (κ1) is 25.2. The Bertz CT molecular complexity index is 787. The van der Waals surface area contributed by atoms with Gasteiger partial charge in [0, 0.05) is 6.07 Å². The fourth-order valence-electron chi connectivity index (χ4n) is 2.18. The Morgan fingerprint density at radius 3 is 2.38 bits per heavy atom. The van der Waals surface area contributed by atoms with E-state index in [1.54, 1.807) is 18.3 Å². The SMILES string of the molecule is CCCOC(=O)c1ccc[n+]([C@@H]2O[C@H](CO)[C@H](O)[C@@H]2O)c1.O=S(=O)([O-])C(F)(F)F. The number of alkyl halides is 3. The third kappa shape index (κ3) is 6.87. The van der Waals surface area contributed by atoms with Crippen molar-refractivity contribution in [2.75, 3.05) is 13.2 Å². The molecule has 3 N–H and O–H groups in total. The van der Waals surface area contributed by atoms with Crippen LogP contribution in [-0.2, 0) is 19.6 Å². The predicted octanol–water partition coefficient (Wildman–Crippen LogP) is -0.796. The summed E-state index contributed by atoms with van der Waals surface area (Å²) in [7, 11) is -6.09. The monoisotopic (exact) mass is 447 g/mol. The van der Waals surface area contributed by atoms with Crippen molar-refractivity contribution in [2.24, 2.45) is 0 Å². The molecule has 0 spiro atoms. The molecule has 0 radical (unpaired) electrons. The number of aromatic nitrogens is 1. The van der Waals surface area contributed by atoms with Gasteiger partial charge in [-0.2, -0.15) is 17.7 Å². The third-order valence-corrected chi connectivity index (χ3v) is 4.16. The van der Waals surface area contributed by atoms with Gasteiger partial charge in [0.1, 0.15) is 17.8 Å². The molecule has 166 valence electrons. The second-order valence-electron chi connectivity index (χ2n) is 5.80. The number of carbonyl (C=O) groups excluding carboxylic acids is 1. The van der Waals surface area contributed by atoms with Gasteiger partial charge >= 0.3 is 11.5 Å². The van der Waals surface area contributed by atoms with E-state index in [1.165, 1.54) is 10.8 Å². The molecule has 2 heterocycles. The second kappa shape index (κ2) is 10.3. The van der Waals surface area contributed by atoms with E-state index in [1.807, 2.05) is 6.92 Å². The maximum atomic E-state index is 11.8. The molecule has 1 aromatic rings. The minimum Gasteiger partial charge on any atom is -0.741 e. The molecule has 1 fully saturated rings. The average molecular weight is 447 g/mol. The number of carbonyl (C=O) groups is 1. The van der Waals surface area contributed by atoms with Crippen LogP contribution in [0.15, 0.2) is 24.5 Å². The lowest BCUT2D eigenvalue weighted by Crippen LogP contribution is -2.46. The number of esters is 1. The summed E-state index contributed by atoms with van der Waals surface area (Å²) in [6.07, 6.45) is -0.260. The molecule has 29 heavy (non-hydrogen) atoms. The van der Waals surface area contributed by atoms with E-state index in [9.17, 15) is 28.2 Å². The van der Waals surface area contributed by atoms with Crippen molar-refractivity contribution in [3.05, 3.63) is 30.1 Å². The lowest BCUT2D eigenvalue weighted by molar-refractivity contribution is -0.765. The number of nitrogens with zero attached hydrogens (tertiary/aromatic N) is 1. The van der Waals surface area contributed by atoms with Gasteiger partial charge in [0.25, 0.3) is 6.23 Å². The molecule has 10 nitrogen and oxygen atoms in total. The van der Waals surface area contributed by atoms with Gasteiger partial charge in [0.2, 0.25) is 0 Å². The molecule has 2 rings (SSSR count). The zero-order valence-electron chi connectivity index (χ0n) is 15.0. The maximum absolute atomic E-state index is 11.8. The van der Waals surface area contributed by atoms with Crippen LogP contribution >= 0.6 is 0 Å². The third-order valence-electron chi connectivity index (χ3n) is 3.59. The van der Waals surface area contributed by atoms with Crippen molar-refractivity contribution < 1.29 is 60.3 Å². The van der Waals surface area contributed by atoms with E-state index in [4.69, 9.17) is 27.6 Å². The van der Waals surface area contributed by atoms with E-state index in [-0.39, 0.29) is 0 Å². The maximum Gasteiger partial charge on any atom is 0.485 e. The highest BCUT2D eigenvalue weighted by atomic mass is 32.2. The Balaban J connectivity index is 0.000000447. The summed E-state index contributed by atoms with van der Waals surface area (Å²) in [6.45, 7) is 1.84. The Morgan fingerprint density at radius 1 is 1.34 bits per heavy atom. The van der Waals surface area contributed by atoms with Crippen LogP contribution < -0.4 is 4.57 Å².